The topological polar surface area (TPSA) is 51.5 Å². The lowest BCUT2D eigenvalue weighted by Gasteiger charge is -2.15. The van der Waals surface area contributed by atoms with Crippen molar-refractivity contribution in [3.8, 4) is 0 Å². The van der Waals surface area contributed by atoms with Crippen LogP contribution in [0.4, 0.5) is 0 Å². The fourth-order valence-corrected chi connectivity index (χ4v) is 1.92. The van der Waals surface area contributed by atoms with Crippen LogP contribution >= 0.6 is 0 Å². The van der Waals surface area contributed by atoms with Gasteiger partial charge in [-0.25, -0.2) is 0 Å². The standard InChI is InChI=1S/C15H17NO3/c1-18-15(17)14(13-5-3-2-4-6-13)10-16-9-12-7-8-19-11-12/h2-8,11,14,16H,9-10H2,1H3. The van der Waals surface area contributed by atoms with Crippen molar-refractivity contribution in [2.75, 3.05) is 13.7 Å². The number of furan rings is 1. The van der Waals surface area contributed by atoms with Gasteiger partial charge >= 0.3 is 5.97 Å². The van der Waals surface area contributed by atoms with Gasteiger partial charge in [0.2, 0.25) is 0 Å². The number of esters is 1. The minimum atomic E-state index is -0.293. The van der Waals surface area contributed by atoms with Crippen LogP contribution < -0.4 is 5.32 Å². The minimum Gasteiger partial charge on any atom is -0.472 e. The molecule has 0 amide bonds. The maximum atomic E-state index is 11.8. The van der Waals surface area contributed by atoms with E-state index in [1.165, 1.54) is 7.11 Å². The molecule has 0 saturated carbocycles. The minimum absolute atomic E-state index is 0.231. The Balaban J connectivity index is 1.97. The van der Waals surface area contributed by atoms with Crippen LogP contribution in [-0.2, 0) is 16.1 Å². The Morgan fingerprint density at radius 3 is 2.74 bits per heavy atom. The molecule has 1 N–H and O–H groups in total. The smallest absolute Gasteiger partial charge is 0.314 e. The third kappa shape index (κ3) is 3.69. The first-order valence-corrected chi connectivity index (χ1v) is 6.16. The van der Waals surface area contributed by atoms with Gasteiger partial charge in [0.1, 0.15) is 0 Å². The zero-order valence-electron chi connectivity index (χ0n) is 10.8. The van der Waals surface area contributed by atoms with Gasteiger partial charge in [0, 0.05) is 18.7 Å². The summed E-state index contributed by atoms with van der Waals surface area (Å²) in [6.45, 7) is 1.19. The summed E-state index contributed by atoms with van der Waals surface area (Å²) >= 11 is 0. The van der Waals surface area contributed by atoms with Gasteiger partial charge in [-0.2, -0.15) is 0 Å². The van der Waals surface area contributed by atoms with E-state index in [1.807, 2.05) is 36.4 Å². The molecule has 1 unspecified atom stereocenters. The molecule has 4 nitrogen and oxygen atoms in total. The highest BCUT2D eigenvalue weighted by molar-refractivity contribution is 5.78. The second-order valence-electron chi connectivity index (χ2n) is 4.25. The number of carbonyl (C=O) groups excluding carboxylic acids is 1. The Morgan fingerprint density at radius 1 is 1.32 bits per heavy atom. The summed E-state index contributed by atoms with van der Waals surface area (Å²) in [5.74, 6) is -0.524. The number of hydrogen-bond donors (Lipinski definition) is 1. The second-order valence-corrected chi connectivity index (χ2v) is 4.25. The fourth-order valence-electron chi connectivity index (χ4n) is 1.92. The third-order valence-electron chi connectivity index (χ3n) is 2.95. The maximum Gasteiger partial charge on any atom is 0.314 e. The van der Waals surface area contributed by atoms with Crippen molar-refractivity contribution in [3.63, 3.8) is 0 Å². The molecule has 0 saturated heterocycles. The van der Waals surface area contributed by atoms with Crippen LogP contribution in [0, 0.1) is 0 Å². The van der Waals surface area contributed by atoms with Crippen molar-refractivity contribution < 1.29 is 13.9 Å². The number of benzene rings is 1. The molecule has 100 valence electrons. The molecular formula is C15H17NO3. The lowest BCUT2D eigenvalue weighted by Crippen LogP contribution is -2.27. The Labute approximate surface area is 112 Å². The molecule has 0 fully saturated rings. The molecule has 0 radical (unpaired) electrons. The zero-order chi connectivity index (χ0) is 13.5. The predicted octanol–water partition coefficient (Wildman–Crippen LogP) is 2.33. The number of carbonyl (C=O) groups is 1. The van der Waals surface area contributed by atoms with Crippen molar-refractivity contribution in [3.05, 3.63) is 60.1 Å². The summed E-state index contributed by atoms with van der Waals surface area (Å²) in [7, 11) is 1.41. The quantitative estimate of drug-likeness (QED) is 0.809. The van der Waals surface area contributed by atoms with Crippen LogP contribution in [0.15, 0.2) is 53.3 Å². The Hall–Kier alpha value is -2.07. The average Bonchev–Trinajstić information content (AvgIpc) is 2.97. The van der Waals surface area contributed by atoms with E-state index in [4.69, 9.17) is 9.15 Å². The normalized spacial score (nSPS) is 12.1. The molecule has 0 aliphatic rings. The summed E-state index contributed by atoms with van der Waals surface area (Å²) in [5.41, 5.74) is 2.01. The molecule has 1 aromatic heterocycles. The second kappa shape index (κ2) is 6.75. The monoisotopic (exact) mass is 259 g/mol. The number of hydrogen-bond acceptors (Lipinski definition) is 4. The van der Waals surface area contributed by atoms with Crippen molar-refractivity contribution in [1.29, 1.82) is 0 Å². The largest absolute Gasteiger partial charge is 0.472 e. The number of methoxy groups -OCH3 is 1. The molecular weight excluding hydrogens is 242 g/mol. The number of nitrogens with one attached hydrogen (secondary N) is 1. The zero-order valence-corrected chi connectivity index (χ0v) is 10.8. The van der Waals surface area contributed by atoms with Crippen LogP contribution in [0.5, 0.6) is 0 Å². The van der Waals surface area contributed by atoms with Gasteiger partial charge in [-0.15, -0.1) is 0 Å². The van der Waals surface area contributed by atoms with Gasteiger partial charge < -0.3 is 14.5 Å². The van der Waals surface area contributed by atoms with E-state index in [2.05, 4.69) is 5.32 Å². The molecule has 2 rings (SSSR count). The van der Waals surface area contributed by atoms with E-state index in [-0.39, 0.29) is 11.9 Å². The van der Waals surface area contributed by atoms with Gasteiger partial charge in [-0.1, -0.05) is 30.3 Å². The number of ether oxygens (including phenoxy) is 1. The molecule has 0 aliphatic heterocycles. The first-order chi connectivity index (χ1) is 9.31. The molecule has 1 atom stereocenters. The summed E-state index contributed by atoms with van der Waals surface area (Å²) < 4.78 is 9.85. The van der Waals surface area contributed by atoms with Gasteiger partial charge in [-0.3, -0.25) is 4.79 Å². The summed E-state index contributed by atoms with van der Waals surface area (Å²) in [5, 5.41) is 3.24. The molecule has 0 bridgehead atoms. The highest BCUT2D eigenvalue weighted by Gasteiger charge is 2.20. The van der Waals surface area contributed by atoms with E-state index < -0.39 is 0 Å². The molecule has 2 aromatic rings. The molecule has 4 heteroatoms. The highest BCUT2D eigenvalue weighted by Crippen LogP contribution is 2.16. The van der Waals surface area contributed by atoms with Crippen LogP contribution in [0.3, 0.4) is 0 Å². The lowest BCUT2D eigenvalue weighted by atomic mass is 9.99. The summed E-state index contributed by atoms with van der Waals surface area (Å²) in [6.07, 6.45) is 3.31. The van der Waals surface area contributed by atoms with Crippen LogP contribution in [0.2, 0.25) is 0 Å². The van der Waals surface area contributed by atoms with E-state index >= 15 is 0 Å². The first kappa shape index (κ1) is 13.4. The molecule has 19 heavy (non-hydrogen) atoms. The van der Waals surface area contributed by atoms with Gasteiger partial charge in [0.05, 0.1) is 25.6 Å². The van der Waals surface area contributed by atoms with Crippen molar-refractivity contribution in [1.82, 2.24) is 5.32 Å². The van der Waals surface area contributed by atoms with Crippen molar-refractivity contribution in [2.45, 2.75) is 12.5 Å². The highest BCUT2D eigenvalue weighted by atomic mass is 16.5. The van der Waals surface area contributed by atoms with Crippen molar-refractivity contribution >= 4 is 5.97 Å². The Morgan fingerprint density at radius 2 is 2.11 bits per heavy atom. The van der Waals surface area contributed by atoms with Crippen LogP contribution in [-0.4, -0.2) is 19.6 Å². The molecule has 0 aliphatic carbocycles. The molecule has 1 aromatic carbocycles. The first-order valence-electron chi connectivity index (χ1n) is 6.16. The van der Waals surface area contributed by atoms with E-state index in [0.717, 1.165) is 11.1 Å². The van der Waals surface area contributed by atoms with Gasteiger partial charge in [0.25, 0.3) is 0 Å². The Kier molecular flexibility index (Phi) is 4.75. The summed E-state index contributed by atoms with van der Waals surface area (Å²) in [4.78, 5) is 11.8. The SMILES string of the molecule is COC(=O)C(CNCc1ccoc1)c1ccccc1. The van der Waals surface area contributed by atoms with Gasteiger partial charge in [-0.05, 0) is 11.6 Å². The predicted molar refractivity (Wildman–Crippen MR) is 71.6 cm³/mol. The lowest BCUT2D eigenvalue weighted by molar-refractivity contribution is -0.142. The molecule has 0 spiro atoms. The average molecular weight is 259 g/mol. The molecule has 1 heterocycles. The number of rotatable bonds is 6. The van der Waals surface area contributed by atoms with E-state index in [0.29, 0.717) is 13.1 Å². The van der Waals surface area contributed by atoms with Crippen LogP contribution in [0.1, 0.15) is 17.0 Å². The fraction of sp³-hybridized carbons (Fsp3) is 0.267. The van der Waals surface area contributed by atoms with E-state index in [9.17, 15) is 4.79 Å². The van der Waals surface area contributed by atoms with E-state index in [1.54, 1.807) is 12.5 Å². The third-order valence-corrected chi connectivity index (χ3v) is 2.95. The maximum absolute atomic E-state index is 11.8. The summed E-state index contributed by atoms with van der Waals surface area (Å²) in [6, 6.07) is 11.5. The van der Waals surface area contributed by atoms with Crippen molar-refractivity contribution in [2.24, 2.45) is 0 Å². The van der Waals surface area contributed by atoms with Gasteiger partial charge in [0.15, 0.2) is 0 Å². The van der Waals surface area contributed by atoms with Crippen LogP contribution in [0.25, 0.3) is 0 Å². The Bertz CT molecular complexity index is 493.